The Hall–Kier alpha value is -1.83. The molecule has 130 valence electrons. The number of carbonyl (C=O) groups is 1. The Balaban J connectivity index is 2.00. The van der Waals surface area contributed by atoms with Crippen LogP contribution in [0, 0.1) is 0 Å². The quantitative estimate of drug-likeness (QED) is 0.512. The first-order chi connectivity index (χ1) is 12.1. The number of halogens is 1. The number of nitrogens with one attached hydrogen (secondary N) is 1. The lowest BCUT2D eigenvalue weighted by molar-refractivity contribution is -0.118. The van der Waals surface area contributed by atoms with Crippen LogP contribution < -0.4 is 10.9 Å². The summed E-state index contributed by atoms with van der Waals surface area (Å²) < 4.78 is 2.13. The maximum Gasteiger partial charge on any atom is 0.276 e. The molecule has 0 bridgehead atoms. The van der Waals surface area contributed by atoms with Gasteiger partial charge in [0.15, 0.2) is 5.16 Å². The highest BCUT2D eigenvalue weighted by atomic mass is 35.5. The summed E-state index contributed by atoms with van der Waals surface area (Å²) in [5, 5.41) is 5.75. The fourth-order valence-electron chi connectivity index (χ4n) is 2.25. The summed E-state index contributed by atoms with van der Waals surface area (Å²) in [4.78, 5) is 29.4. The predicted molar refractivity (Wildman–Crippen MR) is 104 cm³/mol. The third-order valence-electron chi connectivity index (χ3n) is 3.44. The summed E-state index contributed by atoms with van der Waals surface area (Å²) >= 11 is 8.56. The molecule has 0 radical (unpaired) electrons. The molecule has 0 saturated carbocycles. The van der Waals surface area contributed by atoms with Gasteiger partial charge in [0, 0.05) is 11.6 Å². The molecule has 0 unspecified atom stereocenters. The van der Waals surface area contributed by atoms with Gasteiger partial charge >= 0.3 is 0 Å². The van der Waals surface area contributed by atoms with Gasteiger partial charge in [0.05, 0.1) is 17.0 Å². The molecule has 1 amide bonds. The molecule has 5 nitrogen and oxygen atoms in total. The molecule has 25 heavy (non-hydrogen) atoms. The van der Waals surface area contributed by atoms with Crippen molar-refractivity contribution in [2.24, 2.45) is 0 Å². The summed E-state index contributed by atoms with van der Waals surface area (Å²) in [6.45, 7) is 2.64. The maximum atomic E-state index is 12.9. The van der Waals surface area contributed by atoms with E-state index in [1.807, 2.05) is 18.4 Å². The molecule has 0 atom stereocenters. The first-order valence-corrected chi connectivity index (χ1v) is 10.00. The number of hydrogen-bond acceptors (Lipinski definition) is 5. The molecule has 0 fully saturated rings. The average Bonchev–Trinajstić information content (AvgIpc) is 3.08. The lowest BCUT2D eigenvalue weighted by Crippen LogP contribution is -2.27. The second-order valence-electron chi connectivity index (χ2n) is 5.28. The molecule has 2 heterocycles. The monoisotopic (exact) mass is 393 g/mol. The Morgan fingerprint density at radius 1 is 1.32 bits per heavy atom. The molecule has 0 aliphatic rings. The van der Waals surface area contributed by atoms with Crippen molar-refractivity contribution in [1.82, 2.24) is 14.9 Å². The van der Waals surface area contributed by atoms with E-state index in [9.17, 15) is 9.59 Å². The Labute approximate surface area is 158 Å². The van der Waals surface area contributed by atoms with Crippen molar-refractivity contribution in [1.29, 1.82) is 0 Å². The molecule has 3 rings (SSSR count). The summed E-state index contributed by atoms with van der Waals surface area (Å²) in [5.41, 5.74) is 1.18. The van der Waals surface area contributed by atoms with Gasteiger partial charge in [-0.25, -0.2) is 4.98 Å². The van der Waals surface area contributed by atoms with E-state index < -0.39 is 0 Å². The number of thioether (sulfide) groups is 1. The number of carbonyl (C=O) groups excluding carboxylic acids is 1. The molecule has 3 aromatic rings. The van der Waals surface area contributed by atoms with Crippen LogP contribution in [0.25, 0.3) is 15.9 Å². The van der Waals surface area contributed by atoms with Gasteiger partial charge in [-0.2, -0.15) is 0 Å². The van der Waals surface area contributed by atoms with Gasteiger partial charge < -0.3 is 5.32 Å². The van der Waals surface area contributed by atoms with E-state index in [1.165, 1.54) is 27.7 Å². The van der Waals surface area contributed by atoms with Gasteiger partial charge in [0.2, 0.25) is 5.91 Å². The second kappa shape index (κ2) is 8.03. The van der Waals surface area contributed by atoms with Crippen molar-refractivity contribution in [2.45, 2.75) is 18.5 Å². The van der Waals surface area contributed by atoms with Crippen LogP contribution in [0.15, 0.2) is 45.7 Å². The van der Waals surface area contributed by atoms with E-state index in [-0.39, 0.29) is 17.2 Å². The van der Waals surface area contributed by atoms with Crippen molar-refractivity contribution in [3.63, 3.8) is 0 Å². The minimum absolute atomic E-state index is 0.0748. The van der Waals surface area contributed by atoms with Crippen molar-refractivity contribution in [2.75, 3.05) is 12.3 Å². The van der Waals surface area contributed by atoms with Gasteiger partial charge in [-0.15, -0.1) is 11.3 Å². The standard InChI is InChI=1S/C17H16ClN3O2S2/c1-2-8-19-14(22)10-25-17-20-13-7-9-24-15(13)16(23)21(17)12-5-3-11(18)4-6-12/h3-7,9H,2,8,10H2,1H3,(H,19,22). The largest absolute Gasteiger partial charge is 0.355 e. The van der Waals surface area contributed by atoms with Crippen molar-refractivity contribution in [3.05, 3.63) is 51.1 Å². The van der Waals surface area contributed by atoms with E-state index in [0.717, 1.165) is 6.42 Å². The van der Waals surface area contributed by atoms with Crippen LogP contribution in [-0.4, -0.2) is 27.8 Å². The van der Waals surface area contributed by atoms with Crippen LogP contribution in [0.3, 0.4) is 0 Å². The molecule has 0 spiro atoms. The van der Waals surface area contributed by atoms with Crippen LogP contribution in [0.5, 0.6) is 0 Å². The molecule has 0 aliphatic heterocycles. The average molecular weight is 394 g/mol. The lowest BCUT2D eigenvalue weighted by Gasteiger charge is -2.12. The zero-order valence-electron chi connectivity index (χ0n) is 13.5. The molecule has 8 heteroatoms. The van der Waals surface area contributed by atoms with Crippen LogP contribution in [-0.2, 0) is 4.79 Å². The molecule has 1 N–H and O–H groups in total. The number of hydrogen-bond donors (Lipinski definition) is 1. The van der Waals surface area contributed by atoms with Crippen LogP contribution in [0.2, 0.25) is 5.02 Å². The Morgan fingerprint density at radius 2 is 2.08 bits per heavy atom. The fraction of sp³-hybridized carbons (Fsp3) is 0.235. The first kappa shape index (κ1) is 18.0. The van der Waals surface area contributed by atoms with Gasteiger partial charge in [0.25, 0.3) is 5.56 Å². The van der Waals surface area contributed by atoms with E-state index in [1.54, 1.807) is 24.3 Å². The molecular weight excluding hydrogens is 378 g/mol. The van der Waals surface area contributed by atoms with Crippen LogP contribution in [0.4, 0.5) is 0 Å². The van der Waals surface area contributed by atoms with E-state index in [2.05, 4.69) is 10.3 Å². The van der Waals surface area contributed by atoms with Gasteiger partial charge in [-0.1, -0.05) is 30.3 Å². The lowest BCUT2D eigenvalue weighted by atomic mass is 10.3. The van der Waals surface area contributed by atoms with E-state index in [4.69, 9.17) is 11.6 Å². The summed E-state index contributed by atoms with van der Waals surface area (Å²) in [6, 6.07) is 8.81. The molecule has 1 aromatic carbocycles. The molecule has 0 aliphatic carbocycles. The zero-order chi connectivity index (χ0) is 17.8. The molecule has 0 saturated heterocycles. The van der Waals surface area contributed by atoms with Crippen molar-refractivity contribution < 1.29 is 4.79 Å². The topological polar surface area (TPSA) is 64.0 Å². The first-order valence-electron chi connectivity index (χ1n) is 7.76. The Bertz CT molecular complexity index is 951. The highest BCUT2D eigenvalue weighted by molar-refractivity contribution is 7.99. The number of amides is 1. The Kier molecular flexibility index (Phi) is 5.78. The number of nitrogens with zero attached hydrogens (tertiary/aromatic N) is 2. The van der Waals surface area contributed by atoms with E-state index in [0.29, 0.717) is 32.6 Å². The fourth-order valence-corrected chi connectivity index (χ4v) is 3.98. The highest BCUT2D eigenvalue weighted by Gasteiger charge is 2.15. The summed E-state index contributed by atoms with van der Waals surface area (Å²) in [5.74, 6) is 0.129. The second-order valence-corrected chi connectivity index (χ2v) is 7.58. The smallest absolute Gasteiger partial charge is 0.276 e. The maximum absolute atomic E-state index is 12.9. The minimum Gasteiger partial charge on any atom is -0.355 e. The van der Waals surface area contributed by atoms with Gasteiger partial charge in [-0.05, 0) is 42.1 Å². The Morgan fingerprint density at radius 3 is 2.80 bits per heavy atom. The zero-order valence-corrected chi connectivity index (χ0v) is 15.9. The number of thiophene rings is 1. The highest BCUT2D eigenvalue weighted by Crippen LogP contribution is 2.24. The van der Waals surface area contributed by atoms with Crippen LogP contribution >= 0.6 is 34.7 Å². The predicted octanol–water partition coefficient (Wildman–Crippen LogP) is 3.72. The minimum atomic E-state index is -0.140. The van der Waals surface area contributed by atoms with Gasteiger partial charge in [-0.3, -0.25) is 14.2 Å². The van der Waals surface area contributed by atoms with Crippen molar-refractivity contribution >= 4 is 50.8 Å². The van der Waals surface area contributed by atoms with Crippen LogP contribution in [0.1, 0.15) is 13.3 Å². The van der Waals surface area contributed by atoms with Crippen molar-refractivity contribution in [3.8, 4) is 5.69 Å². The third kappa shape index (κ3) is 4.05. The third-order valence-corrected chi connectivity index (χ3v) is 5.52. The van der Waals surface area contributed by atoms with E-state index >= 15 is 0 Å². The molecule has 2 aromatic heterocycles. The summed E-state index contributed by atoms with van der Waals surface area (Å²) in [7, 11) is 0. The molecular formula is C17H16ClN3O2S2. The normalized spacial score (nSPS) is 11.0. The number of benzene rings is 1. The number of rotatable bonds is 6. The number of aromatic nitrogens is 2. The van der Waals surface area contributed by atoms with Gasteiger partial charge in [0.1, 0.15) is 4.70 Å². The summed E-state index contributed by atoms with van der Waals surface area (Å²) in [6.07, 6.45) is 0.880. The SMILES string of the molecule is CCCNC(=O)CSc1nc2ccsc2c(=O)n1-c1ccc(Cl)cc1. The number of fused-ring (bicyclic) bond motifs is 1.